The number of hydrogen-bond donors (Lipinski definition) is 0. The van der Waals surface area contributed by atoms with Gasteiger partial charge in [-0.25, -0.2) is 9.97 Å². The molecule has 0 aliphatic rings. The molecular formula is C16H28N2. The molecule has 0 aromatic carbocycles. The zero-order valence-corrected chi connectivity index (χ0v) is 12.5. The zero-order valence-electron chi connectivity index (χ0n) is 12.5. The topological polar surface area (TPSA) is 25.8 Å². The van der Waals surface area contributed by atoms with E-state index in [1.807, 2.05) is 19.3 Å². The van der Waals surface area contributed by atoms with Crippen molar-refractivity contribution in [1.82, 2.24) is 9.97 Å². The van der Waals surface area contributed by atoms with Gasteiger partial charge in [0.05, 0.1) is 0 Å². The van der Waals surface area contributed by atoms with Gasteiger partial charge >= 0.3 is 0 Å². The lowest BCUT2D eigenvalue weighted by Crippen LogP contribution is -2.22. The number of hydrogen-bond acceptors (Lipinski definition) is 2. The van der Waals surface area contributed by atoms with Crippen LogP contribution in [0.5, 0.6) is 0 Å². The van der Waals surface area contributed by atoms with Crippen LogP contribution in [0.1, 0.15) is 77.1 Å². The van der Waals surface area contributed by atoms with Crippen LogP contribution in [0.3, 0.4) is 0 Å². The third-order valence-electron chi connectivity index (χ3n) is 3.86. The maximum absolute atomic E-state index is 4.36. The van der Waals surface area contributed by atoms with E-state index in [0.29, 0.717) is 0 Å². The summed E-state index contributed by atoms with van der Waals surface area (Å²) in [6, 6.07) is 0. The SMILES string of the molecule is CCCCCCC(C)(CCC)c1cnc(C)nc1. The molecular weight excluding hydrogens is 220 g/mol. The molecule has 1 heterocycles. The normalized spacial score (nSPS) is 14.4. The van der Waals surface area contributed by atoms with E-state index < -0.39 is 0 Å². The average molecular weight is 248 g/mol. The minimum Gasteiger partial charge on any atom is -0.241 e. The van der Waals surface area contributed by atoms with Gasteiger partial charge in [-0.2, -0.15) is 0 Å². The van der Waals surface area contributed by atoms with Crippen molar-refractivity contribution in [2.24, 2.45) is 0 Å². The van der Waals surface area contributed by atoms with E-state index in [1.165, 1.54) is 50.5 Å². The molecule has 0 saturated carbocycles. The Bertz CT molecular complexity index is 331. The van der Waals surface area contributed by atoms with Crippen molar-refractivity contribution in [2.45, 2.75) is 78.1 Å². The number of aromatic nitrogens is 2. The number of unbranched alkanes of at least 4 members (excludes halogenated alkanes) is 3. The van der Waals surface area contributed by atoms with Crippen LogP contribution in [-0.2, 0) is 5.41 Å². The van der Waals surface area contributed by atoms with Crippen LogP contribution in [-0.4, -0.2) is 9.97 Å². The van der Waals surface area contributed by atoms with Crippen molar-refractivity contribution in [3.63, 3.8) is 0 Å². The molecule has 0 amide bonds. The molecule has 1 aromatic heterocycles. The summed E-state index contributed by atoms with van der Waals surface area (Å²) < 4.78 is 0. The van der Waals surface area contributed by atoms with E-state index in [2.05, 4.69) is 30.7 Å². The maximum Gasteiger partial charge on any atom is 0.125 e. The molecule has 0 saturated heterocycles. The van der Waals surface area contributed by atoms with E-state index in [1.54, 1.807) is 0 Å². The van der Waals surface area contributed by atoms with E-state index in [-0.39, 0.29) is 5.41 Å². The Hall–Kier alpha value is -0.920. The van der Waals surface area contributed by atoms with Crippen LogP contribution in [0, 0.1) is 6.92 Å². The second-order valence-corrected chi connectivity index (χ2v) is 5.64. The minimum absolute atomic E-state index is 0.260. The van der Waals surface area contributed by atoms with Gasteiger partial charge in [-0.1, -0.05) is 52.9 Å². The lowest BCUT2D eigenvalue weighted by Gasteiger charge is -2.29. The van der Waals surface area contributed by atoms with Crippen LogP contribution in [0.2, 0.25) is 0 Å². The Balaban J connectivity index is 2.69. The van der Waals surface area contributed by atoms with Crippen LogP contribution in [0.4, 0.5) is 0 Å². The highest BCUT2D eigenvalue weighted by Gasteiger charge is 2.25. The van der Waals surface area contributed by atoms with E-state index in [4.69, 9.17) is 0 Å². The zero-order chi connectivity index (χ0) is 13.4. The molecule has 102 valence electrons. The second kappa shape index (κ2) is 7.50. The van der Waals surface area contributed by atoms with Gasteiger partial charge in [0.1, 0.15) is 5.82 Å². The van der Waals surface area contributed by atoms with Gasteiger partial charge in [0.25, 0.3) is 0 Å². The average Bonchev–Trinajstić information content (AvgIpc) is 2.36. The van der Waals surface area contributed by atoms with Crippen molar-refractivity contribution in [3.05, 3.63) is 23.8 Å². The van der Waals surface area contributed by atoms with Gasteiger partial charge in [-0.15, -0.1) is 0 Å². The standard InChI is InChI=1S/C16H28N2/c1-5-7-8-9-11-16(4,10-6-2)15-12-17-14(3)18-13-15/h12-13H,5-11H2,1-4H3. The van der Waals surface area contributed by atoms with Crippen LogP contribution < -0.4 is 0 Å². The molecule has 2 heteroatoms. The summed E-state index contributed by atoms with van der Waals surface area (Å²) in [7, 11) is 0. The predicted molar refractivity (Wildman–Crippen MR) is 77.8 cm³/mol. The third kappa shape index (κ3) is 4.40. The molecule has 0 radical (unpaired) electrons. The van der Waals surface area contributed by atoms with Crippen molar-refractivity contribution >= 4 is 0 Å². The van der Waals surface area contributed by atoms with Crippen LogP contribution >= 0.6 is 0 Å². The largest absolute Gasteiger partial charge is 0.241 e. The van der Waals surface area contributed by atoms with Crippen LogP contribution in [0.25, 0.3) is 0 Å². The Morgan fingerprint density at radius 2 is 1.61 bits per heavy atom. The lowest BCUT2D eigenvalue weighted by molar-refractivity contribution is 0.374. The Labute approximate surface area is 112 Å². The monoisotopic (exact) mass is 248 g/mol. The smallest absolute Gasteiger partial charge is 0.125 e. The first-order chi connectivity index (χ1) is 8.62. The Morgan fingerprint density at radius 1 is 0.944 bits per heavy atom. The molecule has 0 spiro atoms. The van der Waals surface area contributed by atoms with E-state index in [9.17, 15) is 0 Å². The van der Waals surface area contributed by atoms with Crippen molar-refractivity contribution in [3.8, 4) is 0 Å². The van der Waals surface area contributed by atoms with Gasteiger partial charge < -0.3 is 0 Å². The Kier molecular flexibility index (Phi) is 6.31. The van der Waals surface area contributed by atoms with Crippen LogP contribution in [0.15, 0.2) is 12.4 Å². The number of aryl methyl sites for hydroxylation is 1. The second-order valence-electron chi connectivity index (χ2n) is 5.64. The highest BCUT2D eigenvalue weighted by atomic mass is 14.8. The highest BCUT2D eigenvalue weighted by molar-refractivity contribution is 5.18. The summed E-state index contributed by atoms with van der Waals surface area (Å²) in [4.78, 5) is 8.72. The molecule has 1 rings (SSSR count). The van der Waals surface area contributed by atoms with Gasteiger partial charge in [-0.05, 0) is 30.7 Å². The number of nitrogens with zero attached hydrogens (tertiary/aromatic N) is 2. The molecule has 1 unspecified atom stereocenters. The number of rotatable bonds is 8. The molecule has 2 nitrogen and oxygen atoms in total. The minimum atomic E-state index is 0.260. The molecule has 0 N–H and O–H groups in total. The maximum atomic E-state index is 4.36. The summed E-state index contributed by atoms with van der Waals surface area (Å²) in [5, 5.41) is 0. The first-order valence-electron chi connectivity index (χ1n) is 7.41. The van der Waals surface area contributed by atoms with Gasteiger partial charge in [-0.3, -0.25) is 0 Å². The van der Waals surface area contributed by atoms with Crippen molar-refractivity contribution < 1.29 is 0 Å². The summed E-state index contributed by atoms with van der Waals surface area (Å²) in [5.74, 6) is 0.864. The fourth-order valence-corrected chi connectivity index (χ4v) is 2.61. The summed E-state index contributed by atoms with van der Waals surface area (Å²) in [6.07, 6.45) is 13.1. The molecule has 1 aromatic rings. The molecule has 0 bridgehead atoms. The van der Waals surface area contributed by atoms with Gasteiger partial charge in [0, 0.05) is 12.4 Å². The van der Waals surface area contributed by atoms with Crippen molar-refractivity contribution in [1.29, 1.82) is 0 Å². The first-order valence-corrected chi connectivity index (χ1v) is 7.41. The van der Waals surface area contributed by atoms with Gasteiger partial charge in [0.15, 0.2) is 0 Å². The predicted octanol–water partition coefficient (Wildman–Crippen LogP) is 4.81. The lowest BCUT2D eigenvalue weighted by atomic mass is 9.76. The summed E-state index contributed by atoms with van der Waals surface area (Å²) in [6.45, 7) is 8.84. The quantitative estimate of drug-likeness (QED) is 0.617. The fraction of sp³-hybridized carbons (Fsp3) is 0.750. The van der Waals surface area contributed by atoms with E-state index in [0.717, 1.165) is 5.82 Å². The Morgan fingerprint density at radius 3 is 2.17 bits per heavy atom. The molecule has 0 aliphatic heterocycles. The molecule has 0 fully saturated rings. The van der Waals surface area contributed by atoms with Gasteiger partial charge in [0.2, 0.25) is 0 Å². The summed E-state index contributed by atoms with van der Waals surface area (Å²) in [5.41, 5.74) is 1.57. The van der Waals surface area contributed by atoms with Crippen molar-refractivity contribution in [2.75, 3.05) is 0 Å². The molecule has 0 aliphatic carbocycles. The molecule has 18 heavy (non-hydrogen) atoms. The highest BCUT2D eigenvalue weighted by Crippen LogP contribution is 2.33. The first kappa shape index (κ1) is 15.1. The third-order valence-corrected chi connectivity index (χ3v) is 3.86. The van der Waals surface area contributed by atoms with E-state index >= 15 is 0 Å². The summed E-state index contributed by atoms with van der Waals surface area (Å²) >= 11 is 0. The molecule has 1 atom stereocenters. The fourth-order valence-electron chi connectivity index (χ4n) is 2.61.